The molecule has 2 heterocycles. The maximum atomic E-state index is 14.4. The summed E-state index contributed by atoms with van der Waals surface area (Å²) in [4.78, 5) is 0. The van der Waals surface area contributed by atoms with Crippen molar-refractivity contribution in [2.75, 3.05) is 19.8 Å². The Bertz CT molecular complexity index is 489. The van der Waals surface area contributed by atoms with Gasteiger partial charge in [0.05, 0.1) is 13.2 Å². The molecule has 1 aromatic carbocycles. The van der Waals surface area contributed by atoms with E-state index in [4.69, 9.17) is 21.1 Å². The first-order chi connectivity index (χ1) is 9.75. The molecule has 0 spiro atoms. The molecular formula is C15H19ClFNO2. The van der Waals surface area contributed by atoms with Crippen molar-refractivity contribution >= 4 is 11.6 Å². The summed E-state index contributed by atoms with van der Waals surface area (Å²) in [7, 11) is 0. The van der Waals surface area contributed by atoms with E-state index in [1.54, 1.807) is 6.07 Å². The molecule has 0 aromatic heterocycles. The lowest BCUT2D eigenvalue weighted by molar-refractivity contribution is 0.296. The highest BCUT2D eigenvalue weighted by molar-refractivity contribution is 6.32. The highest BCUT2D eigenvalue weighted by Crippen LogP contribution is 2.40. The van der Waals surface area contributed by atoms with Gasteiger partial charge in [-0.05, 0) is 37.4 Å². The molecule has 0 bridgehead atoms. The molecule has 1 saturated heterocycles. The van der Waals surface area contributed by atoms with Crippen molar-refractivity contribution in [3.05, 3.63) is 22.5 Å². The number of piperidine rings is 1. The van der Waals surface area contributed by atoms with Crippen molar-refractivity contribution in [1.82, 2.24) is 5.32 Å². The van der Waals surface area contributed by atoms with Crippen LogP contribution in [-0.2, 0) is 6.42 Å². The van der Waals surface area contributed by atoms with Crippen LogP contribution in [0, 0.1) is 5.82 Å². The van der Waals surface area contributed by atoms with Crippen LogP contribution >= 0.6 is 11.6 Å². The molecule has 5 heteroatoms. The van der Waals surface area contributed by atoms with Crippen molar-refractivity contribution < 1.29 is 13.9 Å². The molecule has 110 valence electrons. The second-order valence-corrected chi connectivity index (χ2v) is 5.77. The zero-order chi connectivity index (χ0) is 13.9. The van der Waals surface area contributed by atoms with Crippen LogP contribution in [0.2, 0.25) is 5.02 Å². The third-order valence-electron chi connectivity index (χ3n) is 3.87. The molecule has 1 N–H and O–H groups in total. The third kappa shape index (κ3) is 2.86. The largest absolute Gasteiger partial charge is 0.489 e. The minimum Gasteiger partial charge on any atom is -0.489 e. The molecule has 0 amide bonds. The fraction of sp³-hybridized carbons (Fsp3) is 0.600. The smallest absolute Gasteiger partial charge is 0.182 e. The molecule has 3 rings (SSSR count). The second kappa shape index (κ2) is 6.19. The van der Waals surface area contributed by atoms with E-state index in [0.717, 1.165) is 19.4 Å². The predicted octanol–water partition coefficient (Wildman–Crippen LogP) is 3.33. The van der Waals surface area contributed by atoms with Crippen LogP contribution in [0.15, 0.2) is 6.07 Å². The second-order valence-electron chi connectivity index (χ2n) is 5.39. The Morgan fingerprint density at radius 2 is 2.10 bits per heavy atom. The summed E-state index contributed by atoms with van der Waals surface area (Å²) < 4.78 is 25.5. The van der Waals surface area contributed by atoms with E-state index in [1.165, 1.54) is 12.8 Å². The average Bonchev–Trinajstić information content (AvgIpc) is 2.71. The quantitative estimate of drug-likeness (QED) is 0.909. The Balaban J connectivity index is 1.86. The first-order valence-corrected chi connectivity index (χ1v) is 7.63. The van der Waals surface area contributed by atoms with E-state index in [9.17, 15) is 4.39 Å². The van der Waals surface area contributed by atoms with Gasteiger partial charge in [0.2, 0.25) is 0 Å². The van der Waals surface area contributed by atoms with Gasteiger partial charge >= 0.3 is 0 Å². The Morgan fingerprint density at radius 1 is 1.25 bits per heavy atom. The summed E-state index contributed by atoms with van der Waals surface area (Å²) in [5.74, 6) is 0.546. The highest BCUT2D eigenvalue weighted by atomic mass is 35.5. The first kappa shape index (κ1) is 14.0. The Morgan fingerprint density at radius 3 is 2.90 bits per heavy atom. The monoisotopic (exact) mass is 299 g/mol. The zero-order valence-electron chi connectivity index (χ0n) is 11.4. The summed E-state index contributed by atoms with van der Waals surface area (Å²) in [6.07, 6.45) is 4.89. The zero-order valence-corrected chi connectivity index (χ0v) is 12.1. The van der Waals surface area contributed by atoms with Gasteiger partial charge in [0.1, 0.15) is 10.8 Å². The van der Waals surface area contributed by atoms with Gasteiger partial charge in [0.15, 0.2) is 11.5 Å². The molecule has 1 unspecified atom stereocenters. The SMILES string of the molecule is Fc1c(CC2CCCCN2)cc2c(c1Cl)OCCCO2. The number of hydrogen-bond acceptors (Lipinski definition) is 3. The Hall–Kier alpha value is -1.00. The normalized spacial score (nSPS) is 22.4. The van der Waals surface area contributed by atoms with Gasteiger partial charge in [-0.15, -0.1) is 0 Å². The summed E-state index contributed by atoms with van der Waals surface area (Å²) >= 11 is 6.11. The lowest BCUT2D eigenvalue weighted by atomic mass is 9.97. The van der Waals surface area contributed by atoms with Crippen molar-refractivity contribution in [1.29, 1.82) is 0 Å². The van der Waals surface area contributed by atoms with Crippen LogP contribution in [0.4, 0.5) is 4.39 Å². The predicted molar refractivity (Wildman–Crippen MR) is 76.4 cm³/mol. The van der Waals surface area contributed by atoms with E-state index in [2.05, 4.69) is 5.32 Å². The van der Waals surface area contributed by atoms with E-state index in [-0.39, 0.29) is 10.8 Å². The number of hydrogen-bond donors (Lipinski definition) is 1. The Kier molecular flexibility index (Phi) is 4.32. The highest BCUT2D eigenvalue weighted by Gasteiger charge is 2.23. The lowest BCUT2D eigenvalue weighted by Crippen LogP contribution is -2.35. The molecule has 20 heavy (non-hydrogen) atoms. The maximum absolute atomic E-state index is 14.4. The molecular weight excluding hydrogens is 281 g/mol. The van der Waals surface area contributed by atoms with Crippen molar-refractivity contribution in [3.8, 4) is 11.5 Å². The van der Waals surface area contributed by atoms with Crippen LogP contribution in [0.5, 0.6) is 11.5 Å². The number of rotatable bonds is 2. The molecule has 0 saturated carbocycles. The van der Waals surface area contributed by atoms with Gasteiger partial charge in [0, 0.05) is 12.5 Å². The van der Waals surface area contributed by atoms with E-state index in [0.29, 0.717) is 42.7 Å². The molecule has 3 nitrogen and oxygen atoms in total. The molecule has 1 atom stereocenters. The minimum absolute atomic E-state index is 0.0511. The van der Waals surface area contributed by atoms with E-state index in [1.807, 2.05) is 0 Å². The standard InChI is InChI=1S/C15H19ClFNO2/c16-13-14(17)10(8-11-4-1-2-5-18-11)9-12-15(13)20-7-3-6-19-12/h9,11,18H,1-8H2. The summed E-state index contributed by atoms with van der Waals surface area (Å²) in [5, 5.41) is 3.48. The van der Waals surface area contributed by atoms with Gasteiger partial charge in [-0.3, -0.25) is 0 Å². The number of benzene rings is 1. The van der Waals surface area contributed by atoms with Crippen molar-refractivity contribution in [3.63, 3.8) is 0 Å². The van der Waals surface area contributed by atoms with E-state index >= 15 is 0 Å². The van der Waals surface area contributed by atoms with Crippen LogP contribution in [0.1, 0.15) is 31.2 Å². The molecule has 1 fully saturated rings. The van der Waals surface area contributed by atoms with Gasteiger partial charge in [-0.2, -0.15) is 0 Å². The lowest BCUT2D eigenvalue weighted by Gasteiger charge is -2.24. The van der Waals surface area contributed by atoms with E-state index < -0.39 is 0 Å². The third-order valence-corrected chi connectivity index (χ3v) is 4.21. The van der Waals surface area contributed by atoms with Crippen molar-refractivity contribution in [2.24, 2.45) is 0 Å². The number of halogens is 2. The summed E-state index contributed by atoms with van der Waals surface area (Å²) in [6, 6.07) is 2.07. The Labute approximate surface area is 123 Å². The molecule has 0 radical (unpaired) electrons. The number of nitrogens with one attached hydrogen (secondary N) is 1. The van der Waals surface area contributed by atoms with Crippen LogP contribution < -0.4 is 14.8 Å². The number of fused-ring (bicyclic) bond motifs is 1. The maximum Gasteiger partial charge on any atom is 0.182 e. The van der Waals surface area contributed by atoms with Crippen LogP contribution in [0.3, 0.4) is 0 Å². The van der Waals surface area contributed by atoms with Gasteiger partial charge in [-0.25, -0.2) is 4.39 Å². The van der Waals surface area contributed by atoms with Crippen molar-refractivity contribution in [2.45, 2.75) is 38.1 Å². The molecule has 0 aliphatic carbocycles. The van der Waals surface area contributed by atoms with Gasteiger partial charge < -0.3 is 14.8 Å². The number of ether oxygens (including phenoxy) is 2. The van der Waals surface area contributed by atoms with Gasteiger partial charge in [-0.1, -0.05) is 18.0 Å². The topological polar surface area (TPSA) is 30.5 Å². The fourth-order valence-corrected chi connectivity index (χ4v) is 3.07. The molecule has 2 aliphatic rings. The average molecular weight is 300 g/mol. The fourth-order valence-electron chi connectivity index (χ4n) is 2.81. The van der Waals surface area contributed by atoms with Crippen LogP contribution in [0.25, 0.3) is 0 Å². The van der Waals surface area contributed by atoms with Crippen LogP contribution in [-0.4, -0.2) is 25.8 Å². The first-order valence-electron chi connectivity index (χ1n) is 7.25. The van der Waals surface area contributed by atoms with Gasteiger partial charge in [0.25, 0.3) is 0 Å². The molecule has 1 aromatic rings. The minimum atomic E-state index is -0.372. The molecule has 2 aliphatic heterocycles. The summed E-state index contributed by atoms with van der Waals surface area (Å²) in [5.41, 5.74) is 0.610. The summed E-state index contributed by atoms with van der Waals surface area (Å²) in [6.45, 7) is 2.09.